The van der Waals surface area contributed by atoms with Gasteiger partial charge in [0, 0.05) is 32.9 Å². The molecule has 0 spiro atoms. The molecule has 8 nitrogen and oxygen atoms in total. The second kappa shape index (κ2) is 12.6. The van der Waals surface area contributed by atoms with Gasteiger partial charge in [-0.2, -0.15) is 0 Å². The Balaban J connectivity index is 1.74. The zero-order chi connectivity index (χ0) is 31.8. The Hall–Kier alpha value is -3.90. The number of nitrogens with zero attached hydrogens (tertiary/aromatic N) is 4. The minimum Gasteiger partial charge on any atom is -0.447 e. The molecule has 2 aromatic heterocycles. The summed E-state index contributed by atoms with van der Waals surface area (Å²) >= 11 is 6.32. The molecular weight excluding hydrogens is 576 g/mol. The van der Waals surface area contributed by atoms with Crippen LogP contribution in [-0.2, 0) is 22.4 Å². The molecule has 4 aromatic rings. The summed E-state index contributed by atoms with van der Waals surface area (Å²) in [5.74, 6) is 0. The van der Waals surface area contributed by atoms with Crippen LogP contribution in [0.5, 0.6) is 0 Å². The fraction of sp³-hybridized carbons (Fsp3) is 0.400. The number of aryl methyl sites for hydroxylation is 2. The van der Waals surface area contributed by atoms with Crippen LogP contribution in [0.1, 0.15) is 55.0 Å². The largest absolute Gasteiger partial charge is 0.447 e. The van der Waals surface area contributed by atoms with Gasteiger partial charge < -0.3 is 24.0 Å². The number of hydrogen-bond acceptors (Lipinski definition) is 5. The lowest BCUT2D eigenvalue weighted by molar-refractivity contribution is -0.152. The van der Waals surface area contributed by atoms with Crippen molar-refractivity contribution in [3.63, 3.8) is 0 Å². The average molecular weight is 615 g/mol. The van der Waals surface area contributed by atoms with Crippen LogP contribution >= 0.6 is 11.6 Å². The second-order valence-electron chi connectivity index (χ2n) is 12.3. The number of amides is 1. The van der Waals surface area contributed by atoms with Gasteiger partial charge in [0.25, 0.3) is 0 Å². The second-order valence-corrected chi connectivity index (χ2v) is 12.8. The summed E-state index contributed by atoms with van der Waals surface area (Å²) in [5.41, 5.74) is 6.23. The predicted octanol–water partition coefficient (Wildman–Crippen LogP) is 7.44. The number of rotatable bonds is 9. The van der Waals surface area contributed by atoms with Crippen LogP contribution in [0, 0.1) is 27.3 Å². The lowest BCUT2D eigenvalue weighted by atomic mass is 9.90. The molecule has 44 heavy (non-hydrogen) atoms. The van der Waals surface area contributed by atoms with Crippen molar-refractivity contribution in [2.24, 2.45) is 0 Å². The fourth-order valence-corrected chi connectivity index (χ4v) is 6.24. The number of aromatic nitrogens is 2. The van der Waals surface area contributed by atoms with E-state index < -0.39 is 24.0 Å². The van der Waals surface area contributed by atoms with Gasteiger partial charge in [-0.05, 0) is 76.8 Å². The molecule has 2 aromatic carbocycles. The number of aliphatic hydroxyl groups is 1. The molecule has 1 amide bonds. The molecule has 230 valence electrons. The van der Waals surface area contributed by atoms with Crippen molar-refractivity contribution < 1.29 is 19.4 Å². The highest BCUT2D eigenvalue weighted by molar-refractivity contribution is 6.30. The van der Waals surface area contributed by atoms with Crippen molar-refractivity contribution >= 4 is 28.7 Å². The Bertz CT molecular complexity index is 1700. The standard InChI is InChI=1S/C35H39ClN4O4/c1-21-23(3)39(18-17-37-7)32-28(21)30(25-13-15-26(36)16-14-25)29(22(2)38-32)31(44-35(4,5)6)33(41)40-27(20-43-34(40)42)19-24-11-9-8-10-12-24/h8-16,27,31,33,41H,17-20H2,1-6H3/t27-,31+,33?/m1/s1. The normalized spacial score (nSPS) is 16.7. The number of fused-ring (bicyclic) bond motifs is 1. The van der Waals surface area contributed by atoms with Gasteiger partial charge in [-0.25, -0.2) is 16.4 Å². The Morgan fingerprint density at radius 2 is 1.82 bits per heavy atom. The number of carbonyl (C=O) groups is 1. The third-order valence-corrected chi connectivity index (χ3v) is 8.44. The van der Waals surface area contributed by atoms with Gasteiger partial charge in [-0.15, -0.1) is 0 Å². The Morgan fingerprint density at radius 3 is 2.45 bits per heavy atom. The van der Waals surface area contributed by atoms with E-state index in [-0.39, 0.29) is 12.6 Å². The maximum Gasteiger partial charge on any atom is 0.412 e. The van der Waals surface area contributed by atoms with Crippen molar-refractivity contribution in [2.75, 3.05) is 13.2 Å². The van der Waals surface area contributed by atoms with Crippen LogP contribution < -0.4 is 0 Å². The van der Waals surface area contributed by atoms with E-state index in [2.05, 4.69) is 16.3 Å². The molecule has 3 heterocycles. The average Bonchev–Trinajstić information content (AvgIpc) is 3.45. The lowest BCUT2D eigenvalue weighted by Gasteiger charge is -2.37. The number of pyridine rings is 1. The Labute approximate surface area is 264 Å². The summed E-state index contributed by atoms with van der Waals surface area (Å²) in [6.45, 7) is 20.1. The number of halogens is 1. The predicted molar refractivity (Wildman–Crippen MR) is 173 cm³/mol. The summed E-state index contributed by atoms with van der Waals surface area (Å²) < 4.78 is 14.3. The van der Waals surface area contributed by atoms with Crippen molar-refractivity contribution in [3.05, 3.63) is 99.1 Å². The molecule has 1 fully saturated rings. The SMILES string of the molecule is [C-]#[N+]CCn1c(C)c(C)c2c(-c3ccc(Cl)cc3)c([C@H](OC(C)(C)C)C(O)N3C(=O)OC[C@H]3Cc3ccccc3)c(C)nc21. The summed E-state index contributed by atoms with van der Waals surface area (Å²) in [6, 6.07) is 17.1. The van der Waals surface area contributed by atoms with Gasteiger partial charge in [0.05, 0.1) is 18.2 Å². The quantitative estimate of drug-likeness (QED) is 0.198. The van der Waals surface area contributed by atoms with Crippen LogP contribution in [0.3, 0.4) is 0 Å². The third-order valence-electron chi connectivity index (χ3n) is 8.19. The van der Waals surface area contributed by atoms with E-state index >= 15 is 0 Å². The fourth-order valence-electron chi connectivity index (χ4n) is 6.12. The molecule has 0 bridgehead atoms. The zero-order valence-electron chi connectivity index (χ0n) is 26.1. The van der Waals surface area contributed by atoms with E-state index in [1.54, 1.807) is 0 Å². The Kier molecular flexibility index (Phi) is 9.03. The topological polar surface area (TPSA) is 81.2 Å². The van der Waals surface area contributed by atoms with Crippen molar-refractivity contribution in [2.45, 2.75) is 78.5 Å². The number of ether oxygens (including phenoxy) is 2. The molecule has 1 aliphatic rings. The van der Waals surface area contributed by atoms with Gasteiger partial charge in [-0.3, -0.25) is 4.90 Å². The number of benzene rings is 2. The first-order chi connectivity index (χ1) is 20.9. The summed E-state index contributed by atoms with van der Waals surface area (Å²) in [5, 5.41) is 13.7. The first-order valence-corrected chi connectivity index (χ1v) is 15.2. The minimum absolute atomic E-state index is 0.162. The maximum absolute atomic E-state index is 13.2. The van der Waals surface area contributed by atoms with Crippen molar-refractivity contribution in [1.82, 2.24) is 14.5 Å². The molecule has 0 aliphatic carbocycles. The van der Waals surface area contributed by atoms with Gasteiger partial charge in [0.15, 0.2) is 6.23 Å². The molecular formula is C35H39ClN4O4. The Morgan fingerprint density at radius 1 is 1.14 bits per heavy atom. The molecule has 0 radical (unpaired) electrons. The van der Waals surface area contributed by atoms with Crippen LogP contribution in [0.4, 0.5) is 4.79 Å². The molecule has 1 N–H and O–H groups in total. The van der Waals surface area contributed by atoms with Gasteiger partial charge in [0.2, 0.25) is 6.54 Å². The maximum atomic E-state index is 13.2. The van der Waals surface area contributed by atoms with E-state index in [1.807, 2.05) is 89.2 Å². The minimum atomic E-state index is -1.37. The molecule has 1 aliphatic heterocycles. The number of cyclic esters (lactones) is 1. The highest BCUT2D eigenvalue weighted by Gasteiger charge is 2.44. The lowest BCUT2D eigenvalue weighted by Crippen LogP contribution is -2.48. The molecule has 0 saturated carbocycles. The van der Waals surface area contributed by atoms with E-state index in [1.165, 1.54) is 4.90 Å². The van der Waals surface area contributed by atoms with E-state index in [0.29, 0.717) is 35.8 Å². The van der Waals surface area contributed by atoms with Gasteiger partial charge in [0.1, 0.15) is 18.4 Å². The summed E-state index contributed by atoms with van der Waals surface area (Å²) in [7, 11) is 0. The number of hydrogen-bond donors (Lipinski definition) is 1. The molecule has 5 rings (SSSR count). The van der Waals surface area contributed by atoms with Crippen LogP contribution in [0.2, 0.25) is 5.02 Å². The van der Waals surface area contributed by atoms with Crippen molar-refractivity contribution in [3.8, 4) is 11.1 Å². The first kappa shape index (κ1) is 31.5. The molecule has 3 atom stereocenters. The highest BCUT2D eigenvalue weighted by Crippen LogP contribution is 2.44. The summed E-state index contributed by atoms with van der Waals surface area (Å²) in [4.78, 5) is 23.3. The van der Waals surface area contributed by atoms with Crippen LogP contribution in [-0.4, -0.2) is 56.7 Å². The molecule has 1 unspecified atom stereocenters. The van der Waals surface area contributed by atoms with E-state index in [9.17, 15) is 9.90 Å². The smallest absolute Gasteiger partial charge is 0.412 e. The molecule has 9 heteroatoms. The first-order valence-electron chi connectivity index (χ1n) is 14.8. The van der Waals surface area contributed by atoms with Gasteiger partial charge >= 0.3 is 6.09 Å². The third kappa shape index (κ3) is 6.18. The van der Waals surface area contributed by atoms with Crippen molar-refractivity contribution in [1.29, 1.82) is 0 Å². The number of carbonyl (C=O) groups excluding carboxylic acids is 1. The highest BCUT2D eigenvalue weighted by atomic mass is 35.5. The van der Waals surface area contributed by atoms with E-state index in [0.717, 1.165) is 39.0 Å². The van der Waals surface area contributed by atoms with Gasteiger partial charge in [-0.1, -0.05) is 54.1 Å². The van der Waals surface area contributed by atoms with Crippen LogP contribution in [0.15, 0.2) is 54.6 Å². The zero-order valence-corrected chi connectivity index (χ0v) is 26.9. The summed E-state index contributed by atoms with van der Waals surface area (Å²) in [6.07, 6.45) is -2.40. The van der Waals surface area contributed by atoms with Crippen LogP contribution in [0.25, 0.3) is 27.0 Å². The van der Waals surface area contributed by atoms with E-state index in [4.69, 9.17) is 32.6 Å². The molecule has 1 saturated heterocycles. The monoisotopic (exact) mass is 614 g/mol. The number of aliphatic hydroxyl groups excluding tert-OH is 1.